The Morgan fingerprint density at radius 1 is 1.21 bits per heavy atom. The van der Waals surface area contributed by atoms with E-state index in [1.807, 2.05) is 37.5 Å². The lowest BCUT2D eigenvalue weighted by molar-refractivity contribution is 0.0937. The summed E-state index contributed by atoms with van der Waals surface area (Å²) in [6, 6.07) is 12.1. The molecule has 0 unspecified atom stereocenters. The topological polar surface area (TPSA) is 73.2 Å². The van der Waals surface area contributed by atoms with Gasteiger partial charge in [-0.05, 0) is 57.2 Å². The molecule has 6 nitrogen and oxygen atoms in total. The number of hydrogen-bond donors (Lipinski definition) is 1. The molecule has 1 heterocycles. The molecule has 3 aromatic rings. The fourth-order valence-electron chi connectivity index (χ4n) is 2.72. The van der Waals surface area contributed by atoms with Gasteiger partial charge in [-0.25, -0.2) is 4.98 Å². The number of imidazole rings is 1. The van der Waals surface area contributed by atoms with Crippen LogP contribution in [0.3, 0.4) is 0 Å². The maximum Gasteiger partial charge on any atom is 0.271 e. The summed E-state index contributed by atoms with van der Waals surface area (Å²) in [5.41, 5.74) is 2.39. The quantitative estimate of drug-likeness (QED) is 0.618. The van der Waals surface area contributed by atoms with Crippen LogP contribution in [-0.2, 0) is 0 Å². The summed E-state index contributed by atoms with van der Waals surface area (Å²) in [6.07, 6.45) is 2.33. The zero-order chi connectivity index (χ0) is 20.3. The third kappa shape index (κ3) is 4.23. The minimum atomic E-state index is -0.200. The van der Waals surface area contributed by atoms with Gasteiger partial charge in [0.2, 0.25) is 0 Å². The number of benzene rings is 2. The van der Waals surface area contributed by atoms with E-state index in [1.54, 1.807) is 36.7 Å². The lowest BCUT2D eigenvalue weighted by atomic mass is 10.2. The van der Waals surface area contributed by atoms with Crippen LogP contribution in [0.5, 0.6) is 11.5 Å². The molecule has 7 heteroatoms. The maximum atomic E-state index is 12.2. The highest BCUT2D eigenvalue weighted by Gasteiger charge is 2.16. The molecule has 1 aromatic heterocycles. The first-order chi connectivity index (χ1) is 13.4. The van der Waals surface area contributed by atoms with Crippen LogP contribution < -0.4 is 10.1 Å². The van der Waals surface area contributed by atoms with Gasteiger partial charge in [0.15, 0.2) is 6.29 Å². The third-order valence-electron chi connectivity index (χ3n) is 4.09. The fraction of sp³-hybridized carbons (Fsp3) is 0.190. The first-order valence-corrected chi connectivity index (χ1v) is 9.14. The molecule has 0 spiro atoms. The standard InChI is InChI=1S/C21H20ClN3O3/c1-13(2)24-21(27)20-14(3)25(12-23-20)17-6-8-18(9-7-17)28-19-10-16(22)5-4-15(19)11-26/h4-13H,1-3H3,(H,24,27). The first-order valence-electron chi connectivity index (χ1n) is 8.77. The lowest BCUT2D eigenvalue weighted by Gasteiger charge is -2.11. The molecule has 0 saturated carbocycles. The smallest absolute Gasteiger partial charge is 0.271 e. The number of nitrogens with zero attached hydrogens (tertiary/aromatic N) is 2. The van der Waals surface area contributed by atoms with Crippen LogP contribution in [0.2, 0.25) is 5.02 Å². The van der Waals surface area contributed by atoms with Crippen LogP contribution in [0, 0.1) is 6.92 Å². The largest absolute Gasteiger partial charge is 0.457 e. The highest BCUT2D eigenvalue weighted by molar-refractivity contribution is 6.30. The van der Waals surface area contributed by atoms with Gasteiger partial charge in [-0.3, -0.25) is 9.59 Å². The molecule has 0 bridgehead atoms. The minimum absolute atomic E-state index is 0.0382. The summed E-state index contributed by atoms with van der Waals surface area (Å²) in [7, 11) is 0. The summed E-state index contributed by atoms with van der Waals surface area (Å²) in [4.78, 5) is 27.6. The molecule has 0 aliphatic rings. The number of aldehydes is 1. The van der Waals surface area contributed by atoms with Crippen molar-refractivity contribution in [2.45, 2.75) is 26.8 Å². The predicted molar refractivity (Wildman–Crippen MR) is 108 cm³/mol. The Morgan fingerprint density at radius 2 is 1.93 bits per heavy atom. The molecule has 0 aliphatic heterocycles. The van der Waals surface area contributed by atoms with Gasteiger partial charge in [-0.1, -0.05) is 11.6 Å². The number of ether oxygens (including phenoxy) is 1. The maximum absolute atomic E-state index is 12.2. The van der Waals surface area contributed by atoms with Crippen molar-refractivity contribution in [1.82, 2.24) is 14.9 Å². The van der Waals surface area contributed by atoms with Crippen molar-refractivity contribution in [3.8, 4) is 17.2 Å². The van der Waals surface area contributed by atoms with E-state index < -0.39 is 0 Å². The Balaban J connectivity index is 1.82. The van der Waals surface area contributed by atoms with Gasteiger partial charge in [0.05, 0.1) is 11.3 Å². The number of nitrogens with one attached hydrogen (secondary N) is 1. The van der Waals surface area contributed by atoms with E-state index in [2.05, 4.69) is 10.3 Å². The molecule has 2 aromatic carbocycles. The zero-order valence-corrected chi connectivity index (χ0v) is 16.5. The molecule has 0 aliphatic carbocycles. The van der Waals surface area contributed by atoms with Crippen molar-refractivity contribution < 1.29 is 14.3 Å². The second-order valence-corrected chi connectivity index (χ2v) is 7.01. The van der Waals surface area contributed by atoms with Gasteiger partial charge in [0.25, 0.3) is 5.91 Å². The van der Waals surface area contributed by atoms with Gasteiger partial charge in [-0.2, -0.15) is 0 Å². The van der Waals surface area contributed by atoms with Crippen molar-refractivity contribution in [3.63, 3.8) is 0 Å². The number of hydrogen-bond acceptors (Lipinski definition) is 4. The fourth-order valence-corrected chi connectivity index (χ4v) is 2.88. The summed E-state index contributed by atoms with van der Waals surface area (Å²) in [5.74, 6) is 0.750. The number of amides is 1. The molecule has 0 saturated heterocycles. The molecule has 3 rings (SSSR count). The Labute approximate surface area is 168 Å². The van der Waals surface area contributed by atoms with E-state index in [1.165, 1.54) is 0 Å². The average molecular weight is 398 g/mol. The van der Waals surface area contributed by atoms with Crippen LogP contribution >= 0.6 is 11.6 Å². The summed E-state index contributed by atoms with van der Waals surface area (Å²) in [5, 5.41) is 3.33. The molecule has 0 radical (unpaired) electrons. The van der Waals surface area contributed by atoms with Crippen LogP contribution in [0.15, 0.2) is 48.8 Å². The molecule has 1 N–H and O–H groups in total. The monoisotopic (exact) mass is 397 g/mol. The number of carbonyl (C=O) groups excluding carboxylic acids is 2. The summed E-state index contributed by atoms with van der Waals surface area (Å²) < 4.78 is 7.61. The van der Waals surface area contributed by atoms with Crippen molar-refractivity contribution in [1.29, 1.82) is 0 Å². The molecule has 28 heavy (non-hydrogen) atoms. The van der Waals surface area contributed by atoms with Gasteiger partial charge in [0.1, 0.15) is 23.5 Å². The molecular formula is C21H20ClN3O3. The Morgan fingerprint density at radius 3 is 2.57 bits per heavy atom. The number of halogens is 1. The van der Waals surface area contributed by atoms with Gasteiger partial charge in [0, 0.05) is 22.8 Å². The number of rotatable bonds is 6. The van der Waals surface area contributed by atoms with E-state index in [-0.39, 0.29) is 11.9 Å². The molecule has 0 fully saturated rings. The first kappa shape index (κ1) is 19.6. The van der Waals surface area contributed by atoms with Crippen LogP contribution in [0.1, 0.15) is 40.4 Å². The van der Waals surface area contributed by atoms with E-state index in [4.69, 9.17) is 16.3 Å². The van der Waals surface area contributed by atoms with Crippen molar-refractivity contribution in [2.75, 3.05) is 0 Å². The summed E-state index contributed by atoms with van der Waals surface area (Å²) in [6.45, 7) is 5.65. The zero-order valence-electron chi connectivity index (χ0n) is 15.8. The highest BCUT2D eigenvalue weighted by Crippen LogP contribution is 2.28. The van der Waals surface area contributed by atoms with Crippen LogP contribution in [-0.4, -0.2) is 27.8 Å². The van der Waals surface area contributed by atoms with Gasteiger partial charge in [-0.15, -0.1) is 0 Å². The van der Waals surface area contributed by atoms with Gasteiger partial charge < -0.3 is 14.6 Å². The Kier molecular flexibility index (Phi) is 5.80. The molecule has 0 atom stereocenters. The average Bonchev–Trinajstić information content (AvgIpc) is 3.04. The predicted octanol–water partition coefficient (Wildman–Crippen LogP) is 4.58. The molecule has 144 valence electrons. The van der Waals surface area contributed by atoms with E-state index in [9.17, 15) is 9.59 Å². The SMILES string of the molecule is Cc1c(C(=O)NC(C)C)ncn1-c1ccc(Oc2cc(Cl)ccc2C=O)cc1. The Hall–Kier alpha value is -3.12. The second kappa shape index (κ2) is 8.27. The second-order valence-electron chi connectivity index (χ2n) is 6.57. The van der Waals surface area contributed by atoms with Crippen molar-refractivity contribution in [3.05, 3.63) is 70.8 Å². The van der Waals surface area contributed by atoms with Crippen molar-refractivity contribution in [2.24, 2.45) is 0 Å². The highest BCUT2D eigenvalue weighted by atomic mass is 35.5. The van der Waals surface area contributed by atoms with E-state index >= 15 is 0 Å². The van der Waals surface area contributed by atoms with Crippen LogP contribution in [0.4, 0.5) is 0 Å². The van der Waals surface area contributed by atoms with Crippen molar-refractivity contribution >= 4 is 23.8 Å². The van der Waals surface area contributed by atoms with Gasteiger partial charge >= 0.3 is 0 Å². The normalized spacial score (nSPS) is 10.8. The van der Waals surface area contributed by atoms with Crippen LogP contribution in [0.25, 0.3) is 5.69 Å². The Bertz CT molecular complexity index is 1010. The molecular weight excluding hydrogens is 378 g/mol. The third-order valence-corrected chi connectivity index (χ3v) is 4.32. The van der Waals surface area contributed by atoms with E-state index in [0.717, 1.165) is 17.7 Å². The number of aromatic nitrogens is 2. The molecule has 1 amide bonds. The van der Waals surface area contributed by atoms with E-state index in [0.29, 0.717) is 27.8 Å². The lowest BCUT2D eigenvalue weighted by Crippen LogP contribution is -2.30. The number of carbonyl (C=O) groups is 2. The minimum Gasteiger partial charge on any atom is -0.457 e. The summed E-state index contributed by atoms with van der Waals surface area (Å²) >= 11 is 5.98.